The summed E-state index contributed by atoms with van der Waals surface area (Å²) in [5.74, 6) is 0. The number of anilines is 1. The number of hydrogen-bond acceptors (Lipinski definition) is 2. The van der Waals surface area contributed by atoms with Crippen molar-refractivity contribution in [2.45, 2.75) is 11.8 Å². The number of nitrogens with zero attached hydrogens (tertiary/aromatic N) is 1. The molecule has 0 unspecified atom stereocenters. The second-order valence-electron chi connectivity index (χ2n) is 5.32. The SMILES string of the molecule is Cc1ccc2cc(S(=O)(=O)N(C)c3ccccc3)ccc2c1. The third-order valence-corrected chi connectivity index (χ3v) is 5.53. The Morgan fingerprint density at radius 1 is 0.818 bits per heavy atom. The van der Waals surface area contributed by atoms with Crippen molar-refractivity contribution in [3.8, 4) is 0 Å². The molecule has 0 N–H and O–H groups in total. The van der Waals surface area contributed by atoms with Gasteiger partial charge in [0.1, 0.15) is 0 Å². The summed E-state index contributed by atoms with van der Waals surface area (Å²) in [6, 6.07) is 20.3. The lowest BCUT2D eigenvalue weighted by molar-refractivity contribution is 0.594. The van der Waals surface area contributed by atoms with Gasteiger partial charge in [0.15, 0.2) is 0 Å². The molecule has 0 aliphatic rings. The van der Waals surface area contributed by atoms with Crippen LogP contribution in [0.2, 0.25) is 0 Å². The molecule has 0 atom stereocenters. The molecule has 0 spiro atoms. The summed E-state index contributed by atoms with van der Waals surface area (Å²) in [5.41, 5.74) is 1.80. The molecule has 3 rings (SSSR count). The molecule has 0 heterocycles. The third kappa shape index (κ3) is 2.57. The van der Waals surface area contributed by atoms with Crippen molar-refractivity contribution in [2.24, 2.45) is 0 Å². The minimum atomic E-state index is -3.56. The van der Waals surface area contributed by atoms with Crippen LogP contribution in [0.1, 0.15) is 5.56 Å². The summed E-state index contributed by atoms with van der Waals surface area (Å²) < 4.78 is 26.8. The van der Waals surface area contributed by atoms with E-state index in [0.717, 1.165) is 16.3 Å². The maximum absolute atomic E-state index is 12.8. The van der Waals surface area contributed by atoms with E-state index < -0.39 is 10.0 Å². The molecule has 0 saturated carbocycles. The van der Waals surface area contributed by atoms with Crippen LogP contribution < -0.4 is 4.31 Å². The maximum atomic E-state index is 12.8. The molecule has 112 valence electrons. The summed E-state index contributed by atoms with van der Waals surface area (Å²) in [7, 11) is -1.99. The van der Waals surface area contributed by atoms with Gasteiger partial charge in [-0.3, -0.25) is 4.31 Å². The van der Waals surface area contributed by atoms with E-state index in [0.29, 0.717) is 10.6 Å². The van der Waals surface area contributed by atoms with Crippen molar-refractivity contribution in [3.63, 3.8) is 0 Å². The van der Waals surface area contributed by atoms with Crippen molar-refractivity contribution in [1.82, 2.24) is 0 Å². The second kappa shape index (κ2) is 5.46. The molecule has 0 aromatic heterocycles. The number of fused-ring (bicyclic) bond motifs is 1. The first-order valence-electron chi connectivity index (χ1n) is 7.03. The molecule has 0 amide bonds. The molecule has 3 aromatic rings. The minimum absolute atomic E-state index is 0.301. The van der Waals surface area contributed by atoms with Gasteiger partial charge >= 0.3 is 0 Å². The van der Waals surface area contributed by atoms with Crippen LogP contribution in [0.5, 0.6) is 0 Å². The van der Waals surface area contributed by atoms with E-state index in [9.17, 15) is 8.42 Å². The van der Waals surface area contributed by atoms with Crippen molar-refractivity contribution in [1.29, 1.82) is 0 Å². The van der Waals surface area contributed by atoms with Crippen LogP contribution in [-0.2, 0) is 10.0 Å². The van der Waals surface area contributed by atoms with E-state index in [1.807, 2.05) is 49.4 Å². The Hall–Kier alpha value is -2.33. The monoisotopic (exact) mass is 311 g/mol. The predicted molar refractivity (Wildman–Crippen MR) is 90.7 cm³/mol. The van der Waals surface area contributed by atoms with Crippen molar-refractivity contribution in [3.05, 3.63) is 72.3 Å². The first-order valence-corrected chi connectivity index (χ1v) is 8.47. The summed E-state index contributed by atoms with van der Waals surface area (Å²) in [6.45, 7) is 2.02. The van der Waals surface area contributed by atoms with Crippen molar-refractivity contribution >= 4 is 26.5 Å². The van der Waals surface area contributed by atoms with Crippen LogP contribution in [0.25, 0.3) is 10.8 Å². The van der Waals surface area contributed by atoms with Crippen LogP contribution in [0.3, 0.4) is 0 Å². The topological polar surface area (TPSA) is 37.4 Å². The molecule has 3 aromatic carbocycles. The number of rotatable bonds is 3. The molecule has 0 fully saturated rings. The van der Waals surface area contributed by atoms with Gasteiger partial charge in [0, 0.05) is 7.05 Å². The fraction of sp³-hybridized carbons (Fsp3) is 0.111. The standard InChI is InChI=1S/C18H17NO2S/c1-14-8-9-16-13-18(11-10-15(16)12-14)22(20,21)19(2)17-6-4-3-5-7-17/h3-13H,1-2H3. The average molecular weight is 311 g/mol. The van der Waals surface area contributed by atoms with Gasteiger partial charge in [0.05, 0.1) is 10.6 Å². The zero-order valence-electron chi connectivity index (χ0n) is 12.5. The molecule has 22 heavy (non-hydrogen) atoms. The van der Waals surface area contributed by atoms with E-state index >= 15 is 0 Å². The quantitative estimate of drug-likeness (QED) is 0.734. The van der Waals surface area contributed by atoms with E-state index in [2.05, 4.69) is 0 Å². The Morgan fingerprint density at radius 3 is 2.18 bits per heavy atom. The van der Waals surface area contributed by atoms with Gasteiger partial charge in [-0.15, -0.1) is 0 Å². The van der Waals surface area contributed by atoms with Gasteiger partial charge in [-0.25, -0.2) is 8.42 Å². The molecule has 0 saturated heterocycles. The molecule has 0 aliphatic heterocycles. The number of aryl methyl sites for hydroxylation is 1. The smallest absolute Gasteiger partial charge is 0.264 e. The summed E-state index contributed by atoms with van der Waals surface area (Å²) in [6.07, 6.45) is 0. The van der Waals surface area contributed by atoms with Crippen LogP contribution >= 0.6 is 0 Å². The number of benzene rings is 3. The van der Waals surface area contributed by atoms with Gasteiger partial charge in [-0.1, -0.05) is 48.0 Å². The Bertz CT molecular complexity index is 918. The summed E-state index contributed by atoms with van der Waals surface area (Å²) >= 11 is 0. The number of sulfonamides is 1. The number of hydrogen-bond donors (Lipinski definition) is 0. The maximum Gasteiger partial charge on any atom is 0.264 e. The highest BCUT2D eigenvalue weighted by atomic mass is 32.2. The molecule has 4 heteroatoms. The van der Waals surface area contributed by atoms with Crippen LogP contribution in [0, 0.1) is 6.92 Å². The van der Waals surface area contributed by atoms with Gasteiger partial charge < -0.3 is 0 Å². The van der Waals surface area contributed by atoms with Crippen LogP contribution in [0.4, 0.5) is 5.69 Å². The molecular formula is C18H17NO2S. The van der Waals surface area contributed by atoms with Gasteiger partial charge in [0.2, 0.25) is 0 Å². The lowest BCUT2D eigenvalue weighted by Crippen LogP contribution is -2.26. The van der Waals surface area contributed by atoms with E-state index in [-0.39, 0.29) is 0 Å². The van der Waals surface area contributed by atoms with E-state index in [4.69, 9.17) is 0 Å². The molecular weight excluding hydrogens is 294 g/mol. The minimum Gasteiger partial charge on any atom is -0.269 e. The van der Waals surface area contributed by atoms with Crippen LogP contribution in [-0.4, -0.2) is 15.5 Å². The predicted octanol–water partition coefficient (Wildman–Crippen LogP) is 3.97. The van der Waals surface area contributed by atoms with E-state index in [1.54, 1.807) is 31.3 Å². The fourth-order valence-corrected chi connectivity index (χ4v) is 3.67. The zero-order valence-corrected chi connectivity index (χ0v) is 13.3. The third-order valence-electron chi connectivity index (χ3n) is 3.75. The highest BCUT2D eigenvalue weighted by Crippen LogP contribution is 2.25. The first kappa shape index (κ1) is 14.6. The molecule has 0 radical (unpaired) electrons. The van der Waals surface area contributed by atoms with Crippen molar-refractivity contribution in [2.75, 3.05) is 11.4 Å². The van der Waals surface area contributed by atoms with Gasteiger partial charge in [0.25, 0.3) is 10.0 Å². The normalized spacial score (nSPS) is 11.5. The largest absolute Gasteiger partial charge is 0.269 e. The van der Waals surface area contributed by atoms with Crippen LogP contribution in [0.15, 0.2) is 71.6 Å². The Kier molecular flexibility index (Phi) is 3.62. The Morgan fingerprint density at radius 2 is 1.45 bits per heavy atom. The Labute approximate surface area is 130 Å². The van der Waals surface area contributed by atoms with Crippen molar-refractivity contribution < 1.29 is 8.42 Å². The lowest BCUT2D eigenvalue weighted by atomic mass is 10.1. The fourth-order valence-electron chi connectivity index (χ4n) is 2.44. The zero-order chi connectivity index (χ0) is 15.7. The molecule has 0 bridgehead atoms. The first-order chi connectivity index (χ1) is 10.5. The van der Waals surface area contributed by atoms with E-state index in [1.165, 1.54) is 4.31 Å². The molecule has 3 nitrogen and oxygen atoms in total. The molecule has 0 aliphatic carbocycles. The average Bonchev–Trinajstić information content (AvgIpc) is 2.54. The van der Waals surface area contributed by atoms with Gasteiger partial charge in [-0.05, 0) is 42.0 Å². The second-order valence-corrected chi connectivity index (χ2v) is 7.29. The number of para-hydroxylation sites is 1. The highest BCUT2D eigenvalue weighted by Gasteiger charge is 2.21. The van der Waals surface area contributed by atoms with Gasteiger partial charge in [-0.2, -0.15) is 0 Å². The Balaban J connectivity index is 2.07. The highest BCUT2D eigenvalue weighted by molar-refractivity contribution is 7.92. The summed E-state index contributed by atoms with van der Waals surface area (Å²) in [4.78, 5) is 0.301. The lowest BCUT2D eigenvalue weighted by Gasteiger charge is -2.19. The summed E-state index contributed by atoms with van der Waals surface area (Å²) in [5, 5.41) is 1.97.